The van der Waals surface area contributed by atoms with Gasteiger partial charge >= 0.3 is 0 Å². The highest BCUT2D eigenvalue weighted by Crippen LogP contribution is 2.46. The fraction of sp³-hybridized carbons (Fsp3) is 0. The normalized spacial score (nSPS) is 11.5. The first-order valence-corrected chi connectivity index (χ1v) is 21.9. The topological polar surface area (TPSA) is 51.6 Å². The SMILES string of the molecule is c1ccc(-c2nc(-c3cc(-c4ccc(-c5ccccn5)cc4)cc(-c4ccc(-c5ccccn5)cc4)c3)nc3c2sc2cccc(-c4cc5ccccc5c5ccccc45)c23)cc1. The van der Waals surface area contributed by atoms with Gasteiger partial charge in [-0.25, -0.2) is 9.97 Å². The van der Waals surface area contributed by atoms with Crippen LogP contribution < -0.4 is 0 Å². The molecule has 294 valence electrons. The molecule has 0 radical (unpaired) electrons. The molecule has 8 aromatic carbocycles. The number of nitrogens with zero attached hydrogens (tertiary/aromatic N) is 4. The standard InChI is InChI=1S/C58H36N4S/c1-2-13-41(14-3-1)55-57-56(54-49(19-12-22-53(54)63-57)50-36-42-15-4-5-16-46(42)47-17-6-7-18-48(47)50)62-58(61-55)45-34-43(37-23-27-39(28-24-37)51-20-8-10-31-59-51)33-44(35-45)38-25-29-40(30-26-38)52-21-9-11-32-60-52/h1-36H. The van der Waals surface area contributed by atoms with Gasteiger partial charge < -0.3 is 0 Å². The van der Waals surface area contributed by atoms with Gasteiger partial charge in [0.25, 0.3) is 0 Å². The van der Waals surface area contributed by atoms with E-state index < -0.39 is 0 Å². The minimum absolute atomic E-state index is 0.678. The number of fused-ring (bicyclic) bond motifs is 6. The molecule has 0 unspecified atom stereocenters. The van der Waals surface area contributed by atoms with Crippen LogP contribution in [0.1, 0.15) is 0 Å². The smallest absolute Gasteiger partial charge is 0.160 e. The molecule has 0 fully saturated rings. The molecule has 12 aromatic rings. The molecule has 0 atom stereocenters. The fourth-order valence-corrected chi connectivity index (χ4v) is 10.1. The summed E-state index contributed by atoms with van der Waals surface area (Å²) >= 11 is 1.77. The maximum absolute atomic E-state index is 5.61. The van der Waals surface area contributed by atoms with E-state index in [4.69, 9.17) is 9.97 Å². The summed E-state index contributed by atoms with van der Waals surface area (Å²) in [5.74, 6) is 0.678. The predicted octanol–water partition coefficient (Wildman–Crippen LogP) is 15.6. The molecule has 12 rings (SSSR count). The van der Waals surface area contributed by atoms with Crippen molar-refractivity contribution in [1.82, 2.24) is 19.9 Å². The van der Waals surface area contributed by atoms with E-state index in [0.29, 0.717) is 5.82 Å². The Balaban J connectivity index is 1.09. The lowest BCUT2D eigenvalue weighted by Gasteiger charge is -2.14. The third-order valence-electron chi connectivity index (χ3n) is 12.0. The lowest BCUT2D eigenvalue weighted by molar-refractivity contribution is 1.24. The molecule has 0 saturated heterocycles. The minimum Gasteiger partial charge on any atom is -0.256 e. The molecule has 0 aliphatic heterocycles. The number of thiophene rings is 1. The first-order chi connectivity index (χ1) is 31.2. The zero-order valence-corrected chi connectivity index (χ0v) is 34.8. The summed E-state index contributed by atoms with van der Waals surface area (Å²) in [6.07, 6.45) is 3.67. The molecular formula is C58H36N4S. The second-order valence-corrected chi connectivity index (χ2v) is 16.8. The molecule has 0 spiro atoms. The molecule has 0 bridgehead atoms. The molecule has 0 amide bonds. The van der Waals surface area contributed by atoms with Crippen LogP contribution in [0, 0.1) is 0 Å². The lowest BCUT2D eigenvalue weighted by atomic mass is 9.91. The number of aromatic nitrogens is 4. The molecule has 0 aliphatic rings. The van der Waals surface area contributed by atoms with Crippen molar-refractivity contribution in [3.63, 3.8) is 0 Å². The zero-order chi connectivity index (χ0) is 41.7. The summed E-state index contributed by atoms with van der Waals surface area (Å²) < 4.78 is 2.25. The van der Waals surface area contributed by atoms with Gasteiger partial charge in [-0.1, -0.05) is 152 Å². The van der Waals surface area contributed by atoms with E-state index in [9.17, 15) is 0 Å². The van der Waals surface area contributed by atoms with E-state index in [1.54, 1.807) is 11.3 Å². The van der Waals surface area contributed by atoms with Gasteiger partial charge in [0, 0.05) is 44.7 Å². The third-order valence-corrected chi connectivity index (χ3v) is 13.1. The molecule has 0 saturated carbocycles. The van der Waals surface area contributed by atoms with Crippen LogP contribution in [0.3, 0.4) is 0 Å². The lowest BCUT2D eigenvalue weighted by Crippen LogP contribution is -1.95. The fourth-order valence-electron chi connectivity index (χ4n) is 8.93. The molecule has 4 aromatic heterocycles. The zero-order valence-electron chi connectivity index (χ0n) is 34.0. The Morgan fingerprint density at radius 3 is 1.57 bits per heavy atom. The minimum atomic E-state index is 0.678. The first kappa shape index (κ1) is 36.7. The number of hydrogen-bond donors (Lipinski definition) is 0. The van der Waals surface area contributed by atoms with Gasteiger partial charge in [-0.05, 0) is 110 Å². The Morgan fingerprint density at radius 2 is 0.921 bits per heavy atom. The van der Waals surface area contributed by atoms with E-state index in [1.807, 2.05) is 48.8 Å². The van der Waals surface area contributed by atoms with Gasteiger partial charge in [0.1, 0.15) is 0 Å². The predicted molar refractivity (Wildman–Crippen MR) is 264 cm³/mol. The van der Waals surface area contributed by atoms with Crippen molar-refractivity contribution in [3.8, 4) is 78.5 Å². The summed E-state index contributed by atoms with van der Waals surface area (Å²) in [6.45, 7) is 0. The summed E-state index contributed by atoms with van der Waals surface area (Å²) in [7, 11) is 0. The van der Waals surface area contributed by atoms with Crippen molar-refractivity contribution >= 4 is 53.2 Å². The Labute approximate surface area is 368 Å². The number of pyridine rings is 2. The largest absolute Gasteiger partial charge is 0.256 e. The van der Waals surface area contributed by atoms with Crippen molar-refractivity contribution in [1.29, 1.82) is 0 Å². The van der Waals surface area contributed by atoms with Crippen LogP contribution in [-0.4, -0.2) is 19.9 Å². The van der Waals surface area contributed by atoms with Crippen molar-refractivity contribution in [2.24, 2.45) is 0 Å². The molecule has 4 nitrogen and oxygen atoms in total. The Kier molecular flexibility index (Phi) is 8.98. The van der Waals surface area contributed by atoms with Crippen LogP contribution in [0.15, 0.2) is 219 Å². The number of hydrogen-bond acceptors (Lipinski definition) is 5. The van der Waals surface area contributed by atoms with Crippen molar-refractivity contribution < 1.29 is 0 Å². The average molecular weight is 821 g/mol. The quantitative estimate of drug-likeness (QED) is 0.150. The molecule has 0 aliphatic carbocycles. The van der Waals surface area contributed by atoms with Crippen molar-refractivity contribution in [2.75, 3.05) is 0 Å². The van der Waals surface area contributed by atoms with Gasteiger partial charge in [0.05, 0.1) is 27.3 Å². The van der Waals surface area contributed by atoms with E-state index in [2.05, 4.69) is 180 Å². The van der Waals surface area contributed by atoms with Crippen LogP contribution in [0.25, 0.3) is 120 Å². The number of benzene rings is 8. The van der Waals surface area contributed by atoms with Crippen LogP contribution >= 0.6 is 11.3 Å². The molecule has 0 N–H and O–H groups in total. The van der Waals surface area contributed by atoms with Gasteiger partial charge in [-0.3, -0.25) is 9.97 Å². The van der Waals surface area contributed by atoms with Crippen LogP contribution in [0.4, 0.5) is 0 Å². The maximum atomic E-state index is 5.61. The maximum Gasteiger partial charge on any atom is 0.160 e. The van der Waals surface area contributed by atoms with E-state index in [1.165, 1.54) is 37.4 Å². The summed E-state index contributed by atoms with van der Waals surface area (Å²) in [6, 6.07) is 73.1. The van der Waals surface area contributed by atoms with Gasteiger partial charge in [-0.15, -0.1) is 11.3 Å². The Bertz CT molecular complexity index is 3540. The highest BCUT2D eigenvalue weighted by Gasteiger charge is 2.21. The highest BCUT2D eigenvalue weighted by atomic mass is 32.1. The molecular weight excluding hydrogens is 785 g/mol. The van der Waals surface area contributed by atoms with Crippen molar-refractivity contribution in [2.45, 2.75) is 0 Å². The van der Waals surface area contributed by atoms with Gasteiger partial charge in [-0.2, -0.15) is 0 Å². The van der Waals surface area contributed by atoms with E-state index in [-0.39, 0.29) is 0 Å². The highest BCUT2D eigenvalue weighted by molar-refractivity contribution is 7.26. The second-order valence-electron chi connectivity index (χ2n) is 15.8. The van der Waals surface area contributed by atoms with Crippen LogP contribution in [-0.2, 0) is 0 Å². The molecule has 5 heteroatoms. The van der Waals surface area contributed by atoms with Gasteiger partial charge in [0.2, 0.25) is 0 Å². The summed E-state index contributed by atoms with van der Waals surface area (Å²) in [5.41, 5.74) is 14.6. The summed E-state index contributed by atoms with van der Waals surface area (Å²) in [5, 5.41) is 6.08. The Morgan fingerprint density at radius 1 is 0.349 bits per heavy atom. The average Bonchev–Trinajstić information content (AvgIpc) is 3.76. The first-order valence-electron chi connectivity index (χ1n) is 21.1. The van der Waals surface area contributed by atoms with E-state index in [0.717, 1.165) is 77.2 Å². The number of rotatable bonds is 7. The van der Waals surface area contributed by atoms with E-state index >= 15 is 0 Å². The van der Waals surface area contributed by atoms with Crippen molar-refractivity contribution in [3.05, 3.63) is 219 Å². The molecule has 4 heterocycles. The third kappa shape index (κ3) is 6.63. The van der Waals surface area contributed by atoms with Gasteiger partial charge in [0.15, 0.2) is 5.82 Å². The second kappa shape index (κ2) is 15.4. The molecule has 63 heavy (non-hydrogen) atoms. The monoisotopic (exact) mass is 820 g/mol. The van der Waals surface area contributed by atoms with Crippen LogP contribution in [0.5, 0.6) is 0 Å². The summed E-state index contributed by atoms with van der Waals surface area (Å²) in [4.78, 5) is 20.3. The Hall–Kier alpha value is -8.12. The van der Waals surface area contributed by atoms with Crippen LogP contribution in [0.2, 0.25) is 0 Å².